The largest absolute Gasteiger partial charge is 0.496 e. The van der Waals surface area contributed by atoms with E-state index in [-0.39, 0.29) is 11.4 Å². The molecule has 0 heterocycles. The predicted octanol–water partition coefficient (Wildman–Crippen LogP) is 1.74. The van der Waals surface area contributed by atoms with E-state index in [1.807, 2.05) is 45.2 Å². The molecule has 1 rings (SSSR count). The third kappa shape index (κ3) is 5.30. The molecule has 0 bridgehead atoms. The molecule has 0 aliphatic carbocycles. The molecule has 0 aliphatic heterocycles. The zero-order valence-electron chi connectivity index (χ0n) is 12.2. The van der Waals surface area contributed by atoms with Crippen LogP contribution < -0.4 is 15.4 Å². The Morgan fingerprint density at radius 2 is 2.00 bits per heavy atom. The summed E-state index contributed by atoms with van der Waals surface area (Å²) in [6.07, 6.45) is 1.23. The second kappa shape index (κ2) is 7.14. The molecular weight excluding hydrogens is 240 g/mol. The van der Waals surface area contributed by atoms with E-state index < -0.39 is 0 Å². The topological polar surface area (TPSA) is 50.4 Å². The first-order chi connectivity index (χ1) is 8.98. The summed E-state index contributed by atoms with van der Waals surface area (Å²) in [5, 5.41) is 6.03. The zero-order valence-corrected chi connectivity index (χ0v) is 12.2. The standard InChI is InChI=1S/C15H24N2O2/c1-15(2,17-14(18)9-10-16-3)11-12-7-5-6-8-13(12)19-4/h5-8,16H,9-11H2,1-4H3,(H,17,18). The van der Waals surface area contributed by atoms with Gasteiger partial charge in [-0.15, -0.1) is 0 Å². The quantitative estimate of drug-likeness (QED) is 0.788. The molecule has 0 atom stereocenters. The molecule has 0 fully saturated rings. The summed E-state index contributed by atoms with van der Waals surface area (Å²) in [6, 6.07) is 7.90. The zero-order chi connectivity index (χ0) is 14.3. The lowest BCUT2D eigenvalue weighted by atomic mass is 9.94. The fourth-order valence-corrected chi connectivity index (χ4v) is 2.05. The third-order valence-electron chi connectivity index (χ3n) is 2.90. The Hall–Kier alpha value is -1.55. The molecular formula is C15H24N2O2. The first-order valence-corrected chi connectivity index (χ1v) is 6.56. The van der Waals surface area contributed by atoms with Crippen molar-refractivity contribution in [2.45, 2.75) is 32.2 Å². The van der Waals surface area contributed by atoms with E-state index in [2.05, 4.69) is 10.6 Å². The van der Waals surface area contributed by atoms with Crippen molar-refractivity contribution in [3.8, 4) is 5.75 Å². The molecule has 0 saturated heterocycles. The summed E-state index contributed by atoms with van der Waals surface area (Å²) >= 11 is 0. The van der Waals surface area contributed by atoms with Crippen LogP contribution in [0.1, 0.15) is 25.8 Å². The van der Waals surface area contributed by atoms with Gasteiger partial charge >= 0.3 is 0 Å². The van der Waals surface area contributed by atoms with Gasteiger partial charge in [-0.2, -0.15) is 0 Å². The molecule has 1 amide bonds. The van der Waals surface area contributed by atoms with Crippen molar-refractivity contribution in [2.75, 3.05) is 20.7 Å². The van der Waals surface area contributed by atoms with E-state index in [0.717, 1.165) is 17.7 Å². The minimum atomic E-state index is -0.292. The van der Waals surface area contributed by atoms with Crippen LogP contribution in [0.4, 0.5) is 0 Å². The van der Waals surface area contributed by atoms with Crippen LogP contribution >= 0.6 is 0 Å². The Labute approximate surface area is 115 Å². The van der Waals surface area contributed by atoms with E-state index in [1.165, 1.54) is 0 Å². The number of rotatable bonds is 7. The summed E-state index contributed by atoms with van der Waals surface area (Å²) in [7, 11) is 3.50. The van der Waals surface area contributed by atoms with Crippen LogP contribution in [0.2, 0.25) is 0 Å². The summed E-state index contributed by atoms with van der Waals surface area (Å²) in [5.74, 6) is 0.925. The Morgan fingerprint density at radius 3 is 2.63 bits per heavy atom. The van der Waals surface area contributed by atoms with Crippen molar-refractivity contribution in [1.82, 2.24) is 10.6 Å². The second-order valence-corrected chi connectivity index (χ2v) is 5.27. The van der Waals surface area contributed by atoms with Crippen molar-refractivity contribution in [2.24, 2.45) is 0 Å². The lowest BCUT2D eigenvalue weighted by Gasteiger charge is -2.27. The van der Waals surface area contributed by atoms with Gasteiger partial charge in [0.25, 0.3) is 0 Å². The van der Waals surface area contributed by atoms with Crippen LogP contribution in [0.3, 0.4) is 0 Å². The number of amides is 1. The first kappa shape index (κ1) is 15.5. The number of nitrogens with one attached hydrogen (secondary N) is 2. The predicted molar refractivity (Wildman–Crippen MR) is 77.5 cm³/mol. The second-order valence-electron chi connectivity index (χ2n) is 5.27. The monoisotopic (exact) mass is 264 g/mol. The number of carbonyl (C=O) groups is 1. The van der Waals surface area contributed by atoms with Gasteiger partial charge in [0, 0.05) is 18.5 Å². The van der Waals surface area contributed by atoms with E-state index in [4.69, 9.17) is 4.74 Å². The van der Waals surface area contributed by atoms with Crippen LogP contribution in [-0.4, -0.2) is 32.1 Å². The van der Waals surface area contributed by atoms with Crippen molar-refractivity contribution in [1.29, 1.82) is 0 Å². The Kier molecular flexibility index (Phi) is 5.83. The number of hydrogen-bond donors (Lipinski definition) is 2. The van der Waals surface area contributed by atoms with Gasteiger partial charge in [-0.1, -0.05) is 18.2 Å². The smallest absolute Gasteiger partial charge is 0.221 e. The number of benzene rings is 1. The molecule has 19 heavy (non-hydrogen) atoms. The Morgan fingerprint density at radius 1 is 1.32 bits per heavy atom. The summed E-state index contributed by atoms with van der Waals surface area (Å²) in [5.41, 5.74) is 0.809. The Balaban J connectivity index is 2.65. The molecule has 0 unspecified atom stereocenters. The molecule has 0 radical (unpaired) electrons. The minimum absolute atomic E-state index is 0.0641. The molecule has 4 nitrogen and oxygen atoms in total. The summed E-state index contributed by atoms with van der Waals surface area (Å²) in [4.78, 5) is 11.8. The van der Waals surface area contributed by atoms with E-state index in [1.54, 1.807) is 7.11 Å². The van der Waals surface area contributed by atoms with Crippen LogP contribution in [0.5, 0.6) is 5.75 Å². The van der Waals surface area contributed by atoms with E-state index in [9.17, 15) is 4.79 Å². The minimum Gasteiger partial charge on any atom is -0.496 e. The van der Waals surface area contributed by atoms with Crippen LogP contribution in [0, 0.1) is 0 Å². The van der Waals surface area contributed by atoms with Gasteiger partial charge in [0.2, 0.25) is 5.91 Å². The van der Waals surface area contributed by atoms with E-state index in [0.29, 0.717) is 13.0 Å². The number of methoxy groups -OCH3 is 1. The number of ether oxygens (including phenoxy) is 1. The van der Waals surface area contributed by atoms with E-state index >= 15 is 0 Å². The Bertz CT molecular complexity index is 416. The molecule has 1 aromatic carbocycles. The molecule has 106 valence electrons. The van der Waals surface area contributed by atoms with Gasteiger partial charge in [0.1, 0.15) is 5.75 Å². The maximum absolute atomic E-state index is 11.8. The summed E-state index contributed by atoms with van der Waals surface area (Å²) in [6.45, 7) is 4.74. The van der Waals surface area contributed by atoms with Crippen molar-refractivity contribution < 1.29 is 9.53 Å². The van der Waals surface area contributed by atoms with Gasteiger partial charge in [0.15, 0.2) is 0 Å². The van der Waals surface area contributed by atoms with Crippen molar-refractivity contribution in [3.63, 3.8) is 0 Å². The van der Waals surface area contributed by atoms with Gasteiger partial charge < -0.3 is 15.4 Å². The molecule has 0 aromatic heterocycles. The van der Waals surface area contributed by atoms with Crippen molar-refractivity contribution >= 4 is 5.91 Å². The number of para-hydroxylation sites is 1. The van der Waals surface area contributed by atoms with Gasteiger partial charge in [-0.3, -0.25) is 4.79 Å². The average molecular weight is 264 g/mol. The fraction of sp³-hybridized carbons (Fsp3) is 0.533. The highest BCUT2D eigenvalue weighted by Crippen LogP contribution is 2.22. The highest BCUT2D eigenvalue weighted by molar-refractivity contribution is 5.76. The molecule has 4 heteroatoms. The van der Waals surface area contributed by atoms with Crippen molar-refractivity contribution in [3.05, 3.63) is 29.8 Å². The molecule has 0 saturated carbocycles. The number of hydrogen-bond acceptors (Lipinski definition) is 3. The lowest BCUT2D eigenvalue weighted by Crippen LogP contribution is -2.45. The summed E-state index contributed by atoms with van der Waals surface area (Å²) < 4.78 is 5.34. The van der Waals surface area contributed by atoms with Crippen LogP contribution in [0.25, 0.3) is 0 Å². The molecule has 1 aromatic rings. The van der Waals surface area contributed by atoms with Crippen LogP contribution in [-0.2, 0) is 11.2 Å². The number of carbonyl (C=O) groups excluding carboxylic acids is 1. The fourth-order valence-electron chi connectivity index (χ4n) is 2.05. The van der Waals surface area contributed by atoms with Gasteiger partial charge in [-0.05, 0) is 38.9 Å². The SMILES string of the molecule is CNCCC(=O)NC(C)(C)Cc1ccccc1OC. The third-order valence-corrected chi connectivity index (χ3v) is 2.90. The molecule has 0 spiro atoms. The highest BCUT2D eigenvalue weighted by Gasteiger charge is 2.22. The van der Waals surface area contributed by atoms with Crippen LogP contribution in [0.15, 0.2) is 24.3 Å². The maximum atomic E-state index is 11.8. The normalized spacial score (nSPS) is 11.2. The average Bonchev–Trinajstić information content (AvgIpc) is 2.36. The first-order valence-electron chi connectivity index (χ1n) is 6.56. The maximum Gasteiger partial charge on any atom is 0.221 e. The van der Waals surface area contributed by atoms with Gasteiger partial charge in [-0.25, -0.2) is 0 Å². The van der Waals surface area contributed by atoms with Gasteiger partial charge in [0.05, 0.1) is 7.11 Å². The molecule has 2 N–H and O–H groups in total. The molecule has 0 aliphatic rings. The lowest BCUT2D eigenvalue weighted by molar-refractivity contribution is -0.122. The highest BCUT2D eigenvalue weighted by atomic mass is 16.5.